The highest BCUT2D eigenvalue weighted by Crippen LogP contribution is 2.18. The molecule has 0 unspecified atom stereocenters. The lowest BCUT2D eigenvalue weighted by Gasteiger charge is -2.19. The summed E-state index contributed by atoms with van der Waals surface area (Å²) in [7, 11) is 2.06. The highest BCUT2D eigenvalue weighted by atomic mass is 32.2. The largest absolute Gasteiger partial charge is 0.493 e. The number of hydrogen-bond donors (Lipinski definition) is 1. The first-order chi connectivity index (χ1) is 14.7. The molecule has 0 bridgehead atoms. The predicted octanol–water partition coefficient (Wildman–Crippen LogP) is 5.11. The molecule has 1 N–H and O–H groups in total. The summed E-state index contributed by atoms with van der Waals surface area (Å²) in [6, 6.07) is 27.8. The van der Waals surface area contributed by atoms with Gasteiger partial charge in [-0.15, -0.1) is 11.8 Å². The standard InChI is InChI=1S/C25H28N2O2S/c1-27(22-9-4-2-5-10-22)18-8-17-26-25(28)21-13-15-23(16-14-21)29-19-20-30-24-11-6-3-7-12-24/h2-7,9-16H,8,17-20H2,1H3,(H,26,28). The van der Waals surface area contributed by atoms with Crippen LogP contribution in [0.25, 0.3) is 0 Å². The molecule has 30 heavy (non-hydrogen) atoms. The second-order valence-electron chi connectivity index (χ2n) is 6.90. The Labute approximate surface area is 183 Å². The molecule has 0 aliphatic heterocycles. The number of carbonyl (C=O) groups excluding carboxylic acids is 1. The number of nitrogens with one attached hydrogen (secondary N) is 1. The third kappa shape index (κ3) is 7.16. The van der Waals surface area contributed by atoms with Crippen molar-refractivity contribution in [3.8, 4) is 5.75 Å². The average Bonchev–Trinajstić information content (AvgIpc) is 2.81. The first-order valence-corrected chi connectivity index (χ1v) is 11.2. The molecule has 0 spiro atoms. The van der Waals surface area contributed by atoms with Crippen LogP contribution in [0.3, 0.4) is 0 Å². The van der Waals surface area contributed by atoms with Gasteiger partial charge in [0.25, 0.3) is 5.91 Å². The van der Waals surface area contributed by atoms with E-state index in [1.807, 2.05) is 60.7 Å². The number of nitrogens with zero attached hydrogens (tertiary/aromatic N) is 1. The van der Waals surface area contributed by atoms with Gasteiger partial charge in [0.05, 0.1) is 6.61 Å². The lowest BCUT2D eigenvalue weighted by Crippen LogP contribution is -2.28. The van der Waals surface area contributed by atoms with Crippen LogP contribution in [0.1, 0.15) is 16.8 Å². The van der Waals surface area contributed by atoms with Crippen molar-refractivity contribution in [3.63, 3.8) is 0 Å². The van der Waals surface area contributed by atoms with Crippen LogP contribution >= 0.6 is 11.8 Å². The summed E-state index contributed by atoms with van der Waals surface area (Å²) in [6.45, 7) is 2.16. The summed E-state index contributed by atoms with van der Waals surface area (Å²) in [5.41, 5.74) is 1.83. The number of rotatable bonds is 11. The second kappa shape index (κ2) is 11.9. The van der Waals surface area contributed by atoms with Crippen molar-refractivity contribution in [2.45, 2.75) is 11.3 Å². The lowest BCUT2D eigenvalue weighted by molar-refractivity contribution is 0.0953. The summed E-state index contributed by atoms with van der Waals surface area (Å²) in [5.74, 6) is 1.61. The summed E-state index contributed by atoms with van der Waals surface area (Å²) < 4.78 is 5.77. The second-order valence-corrected chi connectivity index (χ2v) is 8.07. The highest BCUT2D eigenvalue weighted by Gasteiger charge is 2.06. The maximum absolute atomic E-state index is 12.3. The van der Waals surface area contributed by atoms with Gasteiger partial charge in [-0.25, -0.2) is 0 Å². The third-order valence-corrected chi connectivity index (χ3v) is 5.61. The number of amides is 1. The summed E-state index contributed by atoms with van der Waals surface area (Å²) in [5, 5.41) is 2.99. The van der Waals surface area contributed by atoms with E-state index >= 15 is 0 Å². The molecule has 0 aliphatic rings. The zero-order valence-corrected chi connectivity index (χ0v) is 18.1. The summed E-state index contributed by atoms with van der Waals surface area (Å²) >= 11 is 1.77. The van der Waals surface area contributed by atoms with E-state index in [1.54, 1.807) is 11.8 Å². The number of carbonyl (C=O) groups is 1. The van der Waals surface area contributed by atoms with E-state index in [1.165, 1.54) is 10.6 Å². The Morgan fingerprint density at radius 3 is 2.30 bits per heavy atom. The molecule has 0 aromatic heterocycles. The van der Waals surface area contributed by atoms with E-state index in [9.17, 15) is 4.79 Å². The van der Waals surface area contributed by atoms with Gasteiger partial charge in [-0.2, -0.15) is 0 Å². The van der Waals surface area contributed by atoms with Crippen LogP contribution in [0.4, 0.5) is 5.69 Å². The van der Waals surface area contributed by atoms with Crippen molar-refractivity contribution < 1.29 is 9.53 Å². The highest BCUT2D eigenvalue weighted by molar-refractivity contribution is 7.99. The zero-order valence-electron chi connectivity index (χ0n) is 17.3. The van der Waals surface area contributed by atoms with Gasteiger partial charge in [0.1, 0.15) is 5.75 Å². The van der Waals surface area contributed by atoms with Crippen LogP contribution in [-0.2, 0) is 0 Å². The average molecular weight is 421 g/mol. The van der Waals surface area contributed by atoms with Gasteiger partial charge in [-0.3, -0.25) is 4.79 Å². The van der Waals surface area contributed by atoms with Gasteiger partial charge in [0.2, 0.25) is 0 Å². The molecule has 1 amide bonds. The van der Waals surface area contributed by atoms with Gasteiger partial charge < -0.3 is 15.0 Å². The van der Waals surface area contributed by atoms with Crippen LogP contribution in [0.5, 0.6) is 5.75 Å². The monoisotopic (exact) mass is 420 g/mol. The Hall–Kier alpha value is -2.92. The van der Waals surface area contributed by atoms with Crippen molar-refractivity contribution in [1.82, 2.24) is 5.32 Å². The van der Waals surface area contributed by atoms with Crippen LogP contribution in [-0.4, -0.2) is 38.4 Å². The smallest absolute Gasteiger partial charge is 0.251 e. The van der Waals surface area contributed by atoms with E-state index < -0.39 is 0 Å². The Morgan fingerprint density at radius 2 is 1.60 bits per heavy atom. The van der Waals surface area contributed by atoms with E-state index in [0.717, 1.165) is 24.5 Å². The lowest BCUT2D eigenvalue weighted by atomic mass is 10.2. The fourth-order valence-electron chi connectivity index (χ4n) is 2.97. The van der Waals surface area contributed by atoms with Gasteiger partial charge in [0, 0.05) is 42.0 Å². The van der Waals surface area contributed by atoms with Crippen LogP contribution < -0.4 is 15.0 Å². The minimum Gasteiger partial charge on any atom is -0.493 e. The van der Waals surface area contributed by atoms with Crippen molar-refractivity contribution in [2.24, 2.45) is 0 Å². The van der Waals surface area contributed by atoms with Crippen LogP contribution in [0, 0.1) is 0 Å². The van der Waals surface area contributed by atoms with E-state index in [2.05, 4.69) is 41.5 Å². The molecular formula is C25H28N2O2S. The van der Waals surface area contributed by atoms with Gasteiger partial charge in [-0.05, 0) is 55.0 Å². The fourth-order valence-corrected chi connectivity index (χ4v) is 3.72. The van der Waals surface area contributed by atoms with E-state index in [-0.39, 0.29) is 5.91 Å². The molecule has 3 aromatic carbocycles. The van der Waals surface area contributed by atoms with Crippen molar-refractivity contribution in [3.05, 3.63) is 90.5 Å². The maximum atomic E-state index is 12.3. The fraction of sp³-hybridized carbons (Fsp3) is 0.240. The summed E-state index contributed by atoms with van der Waals surface area (Å²) in [4.78, 5) is 15.7. The number of anilines is 1. The van der Waals surface area contributed by atoms with Crippen molar-refractivity contribution >= 4 is 23.4 Å². The molecule has 0 saturated carbocycles. The van der Waals surface area contributed by atoms with E-state index in [0.29, 0.717) is 18.7 Å². The van der Waals surface area contributed by atoms with Gasteiger partial charge in [0.15, 0.2) is 0 Å². The minimum absolute atomic E-state index is 0.0523. The molecule has 0 heterocycles. The molecule has 4 nitrogen and oxygen atoms in total. The normalized spacial score (nSPS) is 10.4. The molecule has 5 heteroatoms. The quantitative estimate of drug-likeness (QED) is 0.346. The van der Waals surface area contributed by atoms with E-state index in [4.69, 9.17) is 4.74 Å². The Morgan fingerprint density at radius 1 is 0.933 bits per heavy atom. The van der Waals surface area contributed by atoms with Crippen molar-refractivity contribution in [2.75, 3.05) is 37.4 Å². The maximum Gasteiger partial charge on any atom is 0.251 e. The molecule has 0 saturated heterocycles. The zero-order chi connectivity index (χ0) is 21.0. The SMILES string of the molecule is CN(CCCNC(=O)c1ccc(OCCSc2ccccc2)cc1)c1ccccc1. The molecule has 0 fully saturated rings. The number of ether oxygens (including phenoxy) is 1. The molecule has 3 rings (SSSR count). The van der Waals surface area contributed by atoms with Crippen LogP contribution in [0.2, 0.25) is 0 Å². The van der Waals surface area contributed by atoms with Gasteiger partial charge >= 0.3 is 0 Å². The Kier molecular flexibility index (Phi) is 8.66. The van der Waals surface area contributed by atoms with Gasteiger partial charge in [-0.1, -0.05) is 36.4 Å². The Bertz CT molecular complexity index is 886. The number of benzene rings is 3. The minimum atomic E-state index is -0.0523. The molecule has 0 atom stereocenters. The predicted molar refractivity (Wildman–Crippen MR) is 126 cm³/mol. The molecular weight excluding hydrogens is 392 g/mol. The molecule has 0 aliphatic carbocycles. The first-order valence-electron chi connectivity index (χ1n) is 10.2. The Balaban J connectivity index is 1.33. The first kappa shape index (κ1) is 21.8. The molecule has 3 aromatic rings. The van der Waals surface area contributed by atoms with Crippen LogP contribution in [0.15, 0.2) is 89.8 Å². The topological polar surface area (TPSA) is 41.6 Å². The number of para-hydroxylation sites is 1. The molecule has 0 radical (unpaired) electrons. The molecule has 156 valence electrons. The number of hydrogen-bond acceptors (Lipinski definition) is 4. The number of thioether (sulfide) groups is 1. The summed E-state index contributed by atoms with van der Waals surface area (Å²) in [6.07, 6.45) is 0.886. The third-order valence-electron chi connectivity index (χ3n) is 4.63. The van der Waals surface area contributed by atoms with Crippen molar-refractivity contribution in [1.29, 1.82) is 0 Å².